The lowest BCUT2D eigenvalue weighted by Gasteiger charge is -2.27. The minimum Gasteiger partial charge on any atom is -0.508 e. The van der Waals surface area contributed by atoms with Gasteiger partial charge in [0.05, 0.1) is 38.0 Å². The molecule has 1 heterocycles. The average molecular weight is 1320 g/mol. The fourth-order valence-corrected chi connectivity index (χ4v) is 8.93. The second-order valence-corrected chi connectivity index (χ2v) is 22.0. The molecule has 24 N–H and O–H groups in total. The smallest absolute Gasteiger partial charge is 0.326 e. The van der Waals surface area contributed by atoms with Crippen molar-refractivity contribution in [2.24, 2.45) is 33.8 Å². The number of aromatic hydroxyl groups is 2. The van der Waals surface area contributed by atoms with Gasteiger partial charge in [-0.3, -0.25) is 57.7 Å². The first-order valence-electron chi connectivity index (χ1n) is 28.3. The van der Waals surface area contributed by atoms with Gasteiger partial charge in [0.25, 0.3) is 0 Å². The van der Waals surface area contributed by atoms with Gasteiger partial charge in [-0.05, 0) is 67.5 Å². The van der Waals surface area contributed by atoms with E-state index in [0.29, 0.717) is 16.8 Å². The number of guanidine groups is 1. The number of hydrogen-bond donors (Lipinski definition) is 22. The number of aromatic amines is 1. The van der Waals surface area contributed by atoms with Crippen molar-refractivity contribution in [2.45, 2.75) is 132 Å². The van der Waals surface area contributed by atoms with Crippen molar-refractivity contribution in [3.8, 4) is 11.5 Å². The fourth-order valence-electron chi connectivity index (χ4n) is 8.41. The molecule has 0 spiro atoms. The molecular formula is C55H81N17O17S2. The van der Waals surface area contributed by atoms with Crippen molar-refractivity contribution in [3.05, 3.63) is 77.9 Å². The second kappa shape index (κ2) is 38.3. The van der Waals surface area contributed by atoms with E-state index in [0.717, 1.165) is 6.92 Å². The Hall–Kier alpha value is -9.26. The first-order valence-corrected chi connectivity index (χ1v) is 29.6. The minimum atomic E-state index is -1.87. The summed E-state index contributed by atoms with van der Waals surface area (Å²) in [5, 5.41) is 74.1. The molecule has 11 atom stereocenters. The quantitative estimate of drug-likeness (QED) is 0.0109. The first-order chi connectivity index (χ1) is 42.9. The van der Waals surface area contributed by atoms with Crippen LogP contribution in [0.3, 0.4) is 0 Å². The van der Waals surface area contributed by atoms with Crippen molar-refractivity contribution < 1.29 is 83.1 Å². The molecule has 34 nitrogen and oxygen atoms in total. The number of primary amides is 1. The van der Waals surface area contributed by atoms with Crippen LogP contribution >= 0.6 is 25.3 Å². The van der Waals surface area contributed by atoms with E-state index in [2.05, 4.69) is 93.4 Å². The summed E-state index contributed by atoms with van der Waals surface area (Å²) in [7, 11) is 0. The molecule has 2 aromatic carbocycles. The Morgan fingerprint density at radius 3 is 1.51 bits per heavy atom. The lowest BCUT2D eigenvalue weighted by molar-refractivity contribution is -0.142. The van der Waals surface area contributed by atoms with Crippen LogP contribution in [-0.4, -0.2) is 210 Å². The number of carbonyl (C=O) groups is 12. The number of nitrogens with zero attached hydrogens (tertiary/aromatic N) is 2. The van der Waals surface area contributed by atoms with E-state index in [1.54, 1.807) is 13.8 Å². The number of phenols is 2. The average Bonchev–Trinajstić information content (AvgIpc) is 2.58. The number of carboxylic acids is 1. The molecule has 36 heteroatoms. The van der Waals surface area contributed by atoms with Crippen molar-refractivity contribution in [2.75, 3.05) is 31.2 Å². The molecule has 0 bridgehead atoms. The van der Waals surface area contributed by atoms with Gasteiger partial charge in [-0.2, -0.15) is 25.3 Å². The fraction of sp³-hybridized carbons (Fsp3) is 0.491. The maximum Gasteiger partial charge on any atom is 0.326 e. The molecule has 0 radical (unpaired) electrons. The molecule has 0 saturated carbocycles. The number of amides is 11. The van der Waals surface area contributed by atoms with E-state index >= 15 is 0 Å². The number of carboxylic acid groups (broad SMARTS) is 1. The van der Waals surface area contributed by atoms with Gasteiger partial charge in [-0.25, -0.2) is 9.78 Å². The molecule has 0 aliphatic rings. The number of rotatable bonds is 39. The van der Waals surface area contributed by atoms with Gasteiger partial charge in [-0.15, -0.1) is 0 Å². The highest BCUT2D eigenvalue weighted by atomic mass is 32.1. The molecule has 0 aliphatic carbocycles. The van der Waals surface area contributed by atoms with Gasteiger partial charge in [0.15, 0.2) is 5.96 Å². The zero-order chi connectivity index (χ0) is 68.1. The number of aliphatic imine (C=N–C) groups is 1. The number of aliphatic hydroxyl groups is 2. The van der Waals surface area contributed by atoms with E-state index in [1.165, 1.54) is 61.1 Å². The number of aliphatic hydroxyl groups excluding tert-OH is 2. The Morgan fingerprint density at radius 1 is 0.582 bits per heavy atom. The summed E-state index contributed by atoms with van der Waals surface area (Å²) in [6, 6.07) is -4.94. The molecule has 0 unspecified atom stereocenters. The molecule has 3 rings (SSSR count). The van der Waals surface area contributed by atoms with Crippen molar-refractivity contribution in [1.29, 1.82) is 0 Å². The number of aromatic nitrogens is 2. The van der Waals surface area contributed by atoms with Crippen LogP contribution < -0.4 is 76.1 Å². The van der Waals surface area contributed by atoms with Crippen LogP contribution in [0.15, 0.2) is 66.0 Å². The Morgan fingerprint density at radius 2 is 1.03 bits per heavy atom. The topological polar surface area (TPSA) is 571 Å². The maximum absolute atomic E-state index is 14.5. The molecule has 0 aliphatic heterocycles. The highest BCUT2D eigenvalue weighted by Crippen LogP contribution is 2.15. The summed E-state index contributed by atoms with van der Waals surface area (Å²) in [4.78, 5) is 171. The Bertz CT molecular complexity index is 2990. The number of benzene rings is 2. The van der Waals surface area contributed by atoms with Crippen LogP contribution in [0, 0.1) is 5.92 Å². The number of phenolic OH excluding ortho intramolecular Hbond substituents is 2. The number of nitrogens with two attached hydrogens (primary N) is 4. The molecule has 0 fully saturated rings. The number of imidazole rings is 1. The number of aliphatic carboxylic acids is 1. The summed E-state index contributed by atoms with van der Waals surface area (Å²) in [6.45, 7) is 2.89. The Balaban J connectivity index is 1.82. The predicted octanol–water partition coefficient (Wildman–Crippen LogP) is -7.05. The van der Waals surface area contributed by atoms with Crippen molar-refractivity contribution in [1.82, 2.24) is 63.1 Å². The van der Waals surface area contributed by atoms with Crippen molar-refractivity contribution in [3.63, 3.8) is 0 Å². The van der Waals surface area contributed by atoms with Gasteiger partial charge in [0.2, 0.25) is 65.0 Å². The molecule has 91 heavy (non-hydrogen) atoms. The third-order valence-electron chi connectivity index (χ3n) is 13.2. The zero-order valence-electron chi connectivity index (χ0n) is 49.9. The largest absolute Gasteiger partial charge is 0.508 e. The van der Waals surface area contributed by atoms with Crippen LogP contribution in [0.2, 0.25) is 0 Å². The highest BCUT2D eigenvalue weighted by Gasteiger charge is 2.36. The summed E-state index contributed by atoms with van der Waals surface area (Å²) in [5.74, 6) is -14.4. The monoisotopic (exact) mass is 1320 g/mol. The van der Waals surface area contributed by atoms with Crippen LogP contribution in [0.25, 0.3) is 0 Å². The Labute approximate surface area is 533 Å². The molecule has 11 amide bonds. The third kappa shape index (κ3) is 27.2. The molecule has 500 valence electrons. The lowest BCUT2D eigenvalue weighted by Crippen LogP contribution is -2.61. The van der Waals surface area contributed by atoms with Crippen LogP contribution in [-0.2, 0) is 76.8 Å². The van der Waals surface area contributed by atoms with Gasteiger partial charge in [-0.1, -0.05) is 38.1 Å². The second-order valence-electron chi connectivity index (χ2n) is 21.3. The SMILES string of the molecule is CC(C)C[C@H](NC(=O)[C@H](CS)NC(=O)[C@@H](NC(=O)CNC(=O)[C@H](Cc1ccc(O)cc1)NC(=O)[C@H](Cc1ccc(O)cc1)NC(=O)[C@H](CC(N)=O)NC(=O)[C@H](CS)NC(=O)[C@H](CO)NC(=O)[C@@H](N)CCCN=C(N)N)[C@@H](C)O)C(=O)N[C@@H](Cc1cnc[nH]1)C(=O)O. The van der Waals surface area contributed by atoms with Gasteiger partial charge < -0.3 is 107 Å². The molecule has 3 aromatic rings. The summed E-state index contributed by atoms with van der Waals surface area (Å²) in [5.41, 5.74) is 23.0. The standard InChI is InChI=1S/C55H81N17O17S2/c1-26(2)15-34(47(81)68-38(54(88)89)18-30-20-60-25-63-30)64-52(86)41(24-91)71-53(87)44(27(3)74)72-43(78)21-62-46(80)35(16-28-6-10-31(75)11-7-28)65-48(82)36(17-29-8-12-32(76)13-9-29)66-49(83)37(19-42(57)77)67-51(85)40(23-90)70-50(84)39(22-73)69-45(79)33(56)5-4-14-61-55(58)59/h6-13,20,25-27,33-41,44,73-76,90-91H,4-5,14-19,21-24,56H2,1-3H3,(H2,57,77)(H,60,63)(H,62,80)(H,64,86)(H,65,82)(H,66,83)(H,67,85)(H,68,81)(H,69,79)(H,70,84)(H,71,87)(H,72,78)(H,88,89)(H4,58,59,61)/t27-,33+,34+,35+,36+,37+,38+,39+,40+,41+,44+/m1/s1. The van der Waals surface area contributed by atoms with E-state index in [-0.39, 0.29) is 74.2 Å². The van der Waals surface area contributed by atoms with E-state index in [9.17, 15) is 83.1 Å². The van der Waals surface area contributed by atoms with E-state index < -0.39 is 163 Å². The minimum absolute atomic E-state index is 0.0305. The Kier molecular flexibility index (Phi) is 32.0. The number of carbonyl (C=O) groups excluding carboxylic acids is 11. The molecule has 0 saturated heterocycles. The third-order valence-corrected chi connectivity index (χ3v) is 14.0. The van der Waals surface area contributed by atoms with Gasteiger partial charge >= 0.3 is 5.97 Å². The summed E-state index contributed by atoms with van der Waals surface area (Å²) in [6.07, 6.45) is -0.343. The van der Waals surface area contributed by atoms with Crippen LogP contribution in [0.4, 0.5) is 0 Å². The first kappa shape index (κ1) is 76.0. The van der Waals surface area contributed by atoms with Gasteiger partial charge in [0, 0.05) is 49.2 Å². The lowest BCUT2D eigenvalue weighted by atomic mass is 10.0. The summed E-state index contributed by atoms with van der Waals surface area (Å²) < 4.78 is 0. The highest BCUT2D eigenvalue weighted by molar-refractivity contribution is 7.80. The van der Waals surface area contributed by atoms with E-state index in [1.807, 2.05) is 0 Å². The predicted molar refractivity (Wildman–Crippen MR) is 332 cm³/mol. The summed E-state index contributed by atoms with van der Waals surface area (Å²) >= 11 is 8.29. The number of nitrogens with one attached hydrogen (secondary N) is 11. The molecule has 1 aromatic heterocycles. The number of thiol groups is 2. The van der Waals surface area contributed by atoms with Crippen LogP contribution in [0.5, 0.6) is 11.5 Å². The van der Waals surface area contributed by atoms with Crippen molar-refractivity contribution >= 4 is 102 Å². The molecular weight excluding hydrogens is 1230 g/mol. The number of H-pyrrole nitrogens is 1. The van der Waals surface area contributed by atoms with E-state index in [4.69, 9.17) is 22.9 Å². The maximum atomic E-state index is 14.5. The van der Waals surface area contributed by atoms with Crippen LogP contribution in [0.1, 0.15) is 63.3 Å². The van der Waals surface area contributed by atoms with Gasteiger partial charge in [0.1, 0.15) is 65.9 Å². The number of hydrogen-bond acceptors (Lipinski definition) is 21. The zero-order valence-corrected chi connectivity index (χ0v) is 51.7. The normalized spacial score (nSPS) is 14.6.